The van der Waals surface area contributed by atoms with Gasteiger partial charge in [-0.1, -0.05) is 26.0 Å². The highest BCUT2D eigenvalue weighted by molar-refractivity contribution is 6.09. The number of aliphatic imine (C=N–C) groups is 1. The molecule has 0 bridgehead atoms. The van der Waals surface area contributed by atoms with Crippen LogP contribution < -0.4 is 5.43 Å². The average Bonchev–Trinajstić information content (AvgIpc) is 2.65. The molecule has 30 heavy (non-hydrogen) atoms. The van der Waals surface area contributed by atoms with Crippen molar-refractivity contribution in [2.24, 2.45) is 16.8 Å². The zero-order valence-corrected chi connectivity index (χ0v) is 18.2. The number of benzene rings is 1. The van der Waals surface area contributed by atoms with Crippen LogP contribution in [0.3, 0.4) is 0 Å². The maximum atomic E-state index is 13.3. The number of rotatable bonds is 5. The molecular formula is C24H27NO5. The number of carbonyl (C=O) groups is 2. The van der Waals surface area contributed by atoms with E-state index >= 15 is 0 Å². The number of fused-ring (bicyclic) bond motifs is 1. The summed E-state index contributed by atoms with van der Waals surface area (Å²) in [6, 6.07) is 6.68. The van der Waals surface area contributed by atoms with Crippen molar-refractivity contribution in [3.8, 4) is 0 Å². The zero-order valence-electron chi connectivity index (χ0n) is 18.2. The van der Waals surface area contributed by atoms with Crippen molar-refractivity contribution in [1.29, 1.82) is 0 Å². The van der Waals surface area contributed by atoms with Crippen LogP contribution >= 0.6 is 0 Å². The molecule has 2 aromatic rings. The Kier molecular flexibility index (Phi) is 6.06. The number of hydrogen-bond acceptors (Lipinski definition) is 6. The van der Waals surface area contributed by atoms with Crippen molar-refractivity contribution in [1.82, 2.24) is 0 Å². The first kappa shape index (κ1) is 21.7. The van der Waals surface area contributed by atoms with Gasteiger partial charge in [-0.15, -0.1) is 0 Å². The molecule has 0 N–H and O–H groups in total. The molecule has 6 heteroatoms. The summed E-state index contributed by atoms with van der Waals surface area (Å²) in [5.74, 6) is -1.20. The Morgan fingerprint density at radius 1 is 1.20 bits per heavy atom. The molecule has 0 saturated heterocycles. The molecule has 158 valence electrons. The minimum absolute atomic E-state index is 0.00263. The summed E-state index contributed by atoms with van der Waals surface area (Å²) < 4.78 is 11.0. The number of para-hydroxylation sites is 1. The largest absolute Gasteiger partial charge is 0.466 e. The van der Waals surface area contributed by atoms with Gasteiger partial charge in [0.15, 0.2) is 5.43 Å². The maximum absolute atomic E-state index is 13.3. The van der Waals surface area contributed by atoms with E-state index in [-0.39, 0.29) is 17.1 Å². The molecule has 0 fully saturated rings. The second-order valence-electron chi connectivity index (χ2n) is 8.21. The lowest BCUT2D eigenvalue weighted by Crippen LogP contribution is -2.36. The number of nitrogens with zero attached hydrogens (tertiary/aromatic N) is 1. The second-order valence-corrected chi connectivity index (χ2v) is 8.21. The molecule has 3 rings (SSSR count). The van der Waals surface area contributed by atoms with Gasteiger partial charge in [-0.25, -0.2) is 4.79 Å². The standard InChI is InChI=1S/C24H27NO5/c1-12(2)10-19(27)20-14(4)25-15(5)21(24(28)29-6)22(20)17-9-7-8-16-18(26)11-13(3)30-23(16)17/h7-9,11-12,20,22H,10H2,1-6H3. The van der Waals surface area contributed by atoms with E-state index in [2.05, 4.69) is 4.99 Å². The Labute approximate surface area is 175 Å². The first-order valence-electron chi connectivity index (χ1n) is 10.1. The van der Waals surface area contributed by atoms with Crippen LogP contribution in [-0.4, -0.2) is 24.6 Å². The third-order valence-electron chi connectivity index (χ3n) is 5.43. The van der Waals surface area contributed by atoms with Gasteiger partial charge in [0.1, 0.15) is 17.1 Å². The number of ether oxygens (including phenoxy) is 1. The Hall–Kier alpha value is -3.02. The fourth-order valence-electron chi connectivity index (χ4n) is 4.26. The number of carbonyl (C=O) groups excluding carboxylic acids is 2. The van der Waals surface area contributed by atoms with Gasteiger partial charge >= 0.3 is 5.97 Å². The van der Waals surface area contributed by atoms with Crippen molar-refractivity contribution in [3.05, 3.63) is 57.1 Å². The van der Waals surface area contributed by atoms with Crippen molar-refractivity contribution >= 4 is 28.4 Å². The number of aryl methyl sites for hydroxylation is 1. The van der Waals surface area contributed by atoms with Gasteiger partial charge in [0.05, 0.1) is 24.0 Å². The summed E-state index contributed by atoms with van der Waals surface area (Å²) in [7, 11) is 1.31. The van der Waals surface area contributed by atoms with Crippen LogP contribution in [0.2, 0.25) is 0 Å². The molecule has 1 aromatic carbocycles. The lowest BCUT2D eigenvalue weighted by molar-refractivity contribution is -0.136. The predicted octanol–water partition coefficient (Wildman–Crippen LogP) is 4.34. The van der Waals surface area contributed by atoms with Gasteiger partial charge in [-0.3, -0.25) is 14.6 Å². The second kappa shape index (κ2) is 8.38. The van der Waals surface area contributed by atoms with Crippen LogP contribution in [0.4, 0.5) is 0 Å². The molecule has 0 radical (unpaired) electrons. The highest BCUT2D eigenvalue weighted by atomic mass is 16.5. The van der Waals surface area contributed by atoms with Gasteiger partial charge in [0.2, 0.25) is 0 Å². The van der Waals surface area contributed by atoms with Crippen LogP contribution in [0, 0.1) is 18.8 Å². The van der Waals surface area contributed by atoms with E-state index in [4.69, 9.17) is 9.15 Å². The minimum Gasteiger partial charge on any atom is -0.466 e. The lowest BCUT2D eigenvalue weighted by Gasteiger charge is -2.32. The average molecular weight is 409 g/mol. The van der Waals surface area contributed by atoms with E-state index < -0.39 is 17.8 Å². The Bertz CT molecular complexity index is 1140. The van der Waals surface area contributed by atoms with Crippen molar-refractivity contribution < 1.29 is 18.7 Å². The van der Waals surface area contributed by atoms with Crippen molar-refractivity contribution in [2.75, 3.05) is 7.11 Å². The summed E-state index contributed by atoms with van der Waals surface area (Å²) in [5, 5.41) is 0.412. The fourth-order valence-corrected chi connectivity index (χ4v) is 4.26. The molecule has 0 saturated carbocycles. The number of hydrogen-bond donors (Lipinski definition) is 0. The lowest BCUT2D eigenvalue weighted by atomic mass is 9.72. The van der Waals surface area contributed by atoms with Crippen LogP contribution in [0.25, 0.3) is 11.0 Å². The summed E-state index contributed by atoms with van der Waals surface area (Å²) in [4.78, 5) is 43.1. The zero-order chi connectivity index (χ0) is 22.2. The van der Waals surface area contributed by atoms with Gasteiger partial charge in [-0.05, 0) is 32.8 Å². The Morgan fingerprint density at radius 2 is 1.90 bits per heavy atom. The summed E-state index contributed by atoms with van der Waals surface area (Å²) in [6.07, 6.45) is 0.356. The molecule has 1 aromatic heterocycles. The van der Waals surface area contributed by atoms with E-state index in [1.54, 1.807) is 39.0 Å². The van der Waals surface area contributed by atoms with Crippen LogP contribution in [-0.2, 0) is 14.3 Å². The molecule has 6 nitrogen and oxygen atoms in total. The number of methoxy groups -OCH3 is 1. The quantitative estimate of drug-likeness (QED) is 0.686. The van der Waals surface area contributed by atoms with E-state index in [9.17, 15) is 14.4 Å². The predicted molar refractivity (Wildman–Crippen MR) is 116 cm³/mol. The molecule has 0 amide bonds. The van der Waals surface area contributed by atoms with Crippen molar-refractivity contribution in [2.45, 2.75) is 47.0 Å². The smallest absolute Gasteiger partial charge is 0.336 e. The third-order valence-corrected chi connectivity index (χ3v) is 5.43. The van der Waals surface area contributed by atoms with E-state index in [0.29, 0.717) is 45.7 Å². The molecule has 1 aliphatic rings. The van der Waals surface area contributed by atoms with Gasteiger partial charge in [0.25, 0.3) is 0 Å². The Balaban J connectivity index is 2.34. The van der Waals surface area contributed by atoms with Crippen LogP contribution in [0.15, 0.2) is 49.7 Å². The number of esters is 1. The van der Waals surface area contributed by atoms with E-state index in [0.717, 1.165) is 0 Å². The number of ketones is 1. The summed E-state index contributed by atoms with van der Waals surface area (Å²) >= 11 is 0. The molecule has 2 unspecified atom stereocenters. The monoisotopic (exact) mass is 409 g/mol. The number of allylic oxidation sites excluding steroid dienone is 1. The highest BCUT2D eigenvalue weighted by Crippen LogP contribution is 2.42. The fraction of sp³-hybridized carbons (Fsp3) is 0.417. The van der Waals surface area contributed by atoms with Crippen LogP contribution in [0.1, 0.15) is 51.4 Å². The highest BCUT2D eigenvalue weighted by Gasteiger charge is 2.42. The normalized spacial score (nSPS) is 19.2. The van der Waals surface area contributed by atoms with E-state index in [1.165, 1.54) is 13.2 Å². The molecular weight excluding hydrogens is 382 g/mol. The maximum Gasteiger partial charge on any atom is 0.336 e. The molecule has 0 aliphatic carbocycles. The Morgan fingerprint density at radius 3 is 2.53 bits per heavy atom. The first-order chi connectivity index (χ1) is 14.1. The van der Waals surface area contributed by atoms with Gasteiger partial charge in [-0.2, -0.15) is 0 Å². The SMILES string of the molecule is COC(=O)C1=C(C)N=C(C)C(C(=O)CC(C)C)C1c1cccc2c(=O)cc(C)oc12. The van der Waals surface area contributed by atoms with Gasteiger partial charge < -0.3 is 9.15 Å². The molecule has 2 heterocycles. The van der Waals surface area contributed by atoms with Gasteiger partial charge in [0, 0.05) is 35.4 Å². The molecule has 1 aliphatic heterocycles. The molecule has 2 atom stereocenters. The summed E-state index contributed by atoms with van der Waals surface area (Å²) in [5.41, 5.74) is 2.31. The van der Waals surface area contributed by atoms with Crippen molar-refractivity contribution in [3.63, 3.8) is 0 Å². The summed E-state index contributed by atoms with van der Waals surface area (Å²) in [6.45, 7) is 9.20. The number of Topliss-reactive ketones (excluding diaryl/α,β-unsaturated/α-hetero) is 1. The molecule has 0 spiro atoms. The minimum atomic E-state index is -0.644. The third kappa shape index (κ3) is 3.86. The van der Waals surface area contributed by atoms with Crippen LogP contribution in [0.5, 0.6) is 0 Å². The van der Waals surface area contributed by atoms with E-state index in [1.807, 2.05) is 13.8 Å². The first-order valence-corrected chi connectivity index (χ1v) is 10.1. The topological polar surface area (TPSA) is 85.9 Å².